The minimum Gasteiger partial charge on any atom is -0.349 e. The number of amides is 1. The van der Waals surface area contributed by atoms with E-state index >= 15 is 0 Å². The summed E-state index contributed by atoms with van der Waals surface area (Å²) in [5.41, 5.74) is 3.18. The average Bonchev–Trinajstić information content (AvgIpc) is 3.28. The molecule has 1 N–H and O–H groups in total. The molecule has 1 aliphatic carbocycles. The van der Waals surface area contributed by atoms with Crippen LogP contribution in [0.15, 0.2) is 53.1 Å². The van der Waals surface area contributed by atoms with E-state index in [2.05, 4.69) is 27.6 Å². The van der Waals surface area contributed by atoms with Gasteiger partial charge in [0, 0.05) is 18.4 Å². The maximum atomic E-state index is 13.0. The molecular formula is C20H18FN3O2. The fourth-order valence-electron chi connectivity index (χ4n) is 3.27. The van der Waals surface area contributed by atoms with Crippen LogP contribution in [-0.2, 0) is 17.6 Å². The van der Waals surface area contributed by atoms with Gasteiger partial charge in [-0.25, -0.2) is 4.39 Å². The van der Waals surface area contributed by atoms with Crippen molar-refractivity contribution in [2.24, 2.45) is 0 Å². The molecule has 0 saturated carbocycles. The highest BCUT2D eigenvalue weighted by Crippen LogP contribution is 2.30. The van der Waals surface area contributed by atoms with E-state index in [1.807, 2.05) is 12.1 Å². The van der Waals surface area contributed by atoms with E-state index in [0.717, 1.165) is 12.8 Å². The number of nitrogens with zero attached hydrogens (tertiary/aromatic N) is 2. The molecule has 1 aliphatic rings. The zero-order chi connectivity index (χ0) is 17.9. The summed E-state index contributed by atoms with van der Waals surface area (Å²) < 4.78 is 18.2. The van der Waals surface area contributed by atoms with E-state index in [1.165, 1.54) is 23.3 Å². The van der Waals surface area contributed by atoms with Crippen LogP contribution in [0.4, 0.5) is 4.39 Å². The van der Waals surface area contributed by atoms with Gasteiger partial charge in [0.2, 0.25) is 17.6 Å². The van der Waals surface area contributed by atoms with Crippen LogP contribution in [0, 0.1) is 5.82 Å². The number of carbonyl (C=O) groups is 1. The Morgan fingerprint density at radius 2 is 2.00 bits per heavy atom. The summed E-state index contributed by atoms with van der Waals surface area (Å²) in [6, 6.07) is 14.2. The lowest BCUT2D eigenvalue weighted by atomic mass is 10.1. The van der Waals surface area contributed by atoms with Crippen molar-refractivity contribution in [2.45, 2.75) is 31.7 Å². The van der Waals surface area contributed by atoms with Crippen molar-refractivity contribution in [3.05, 3.63) is 71.4 Å². The minimum absolute atomic E-state index is 0.0340. The van der Waals surface area contributed by atoms with Crippen LogP contribution in [0.5, 0.6) is 0 Å². The van der Waals surface area contributed by atoms with Gasteiger partial charge in [-0.05, 0) is 48.2 Å². The van der Waals surface area contributed by atoms with Crippen molar-refractivity contribution in [3.63, 3.8) is 0 Å². The van der Waals surface area contributed by atoms with Crippen LogP contribution < -0.4 is 5.32 Å². The van der Waals surface area contributed by atoms with Crippen molar-refractivity contribution < 1.29 is 13.7 Å². The number of halogens is 1. The van der Waals surface area contributed by atoms with Gasteiger partial charge in [-0.15, -0.1) is 0 Å². The molecule has 6 heteroatoms. The molecule has 2 aromatic carbocycles. The highest BCUT2D eigenvalue weighted by atomic mass is 19.1. The first-order valence-corrected chi connectivity index (χ1v) is 8.65. The number of hydrogen-bond donors (Lipinski definition) is 1. The molecule has 0 bridgehead atoms. The summed E-state index contributed by atoms with van der Waals surface area (Å²) in [5, 5.41) is 6.97. The largest absolute Gasteiger partial charge is 0.349 e. The molecule has 0 fully saturated rings. The van der Waals surface area contributed by atoms with E-state index in [4.69, 9.17) is 4.52 Å². The molecule has 1 atom stereocenters. The maximum absolute atomic E-state index is 13.0. The van der Waals surface area contributed by atoms with Crippen LogP contribution in [0.2, 0.25) is 0 Å². The van der Waals surface area contributed by atoms with Gasteiger partial charge in [-0.3, -0.25) is 4.79 Å². The molecule has 26 heavy (non-hydrogen) atoms. The normalized spacial score (nSPS) is 15.7. The van der Waals surface area contributed by atoms with Gasteiger partial charge in [0.05, 0.1) is 6.04 Å². The van der Waals surface area contributed by atoms with Gasteiger partial charge in [0.15, 0.2) is 0 Å². The molecule has 1 unspecified atom stereocenters. The third-order valence-electron chi connectivity index (χ3n) is 4.60. The molecule has 1 aromatic heterocycles. The minimum atomic E-state index is -0.317. The standard InChI is InChI=1S/C20H18FN3O2/c21-15-8-5-14(6-9-15)20-23-19(26-24-20)12-11-18(25)22-17-10-7-13-3-1-2-4-16(13)17/h1-6,8-9,17H,7,10-12H2,(H,22,25). The predicted octanol–water partition coefficient (Wildman–Crippen LogP) is 3.61. The van der Waals surface area contributed by atoms with E-state index in [1.54, 1.807) is 12.1 Å². The molecular weight excluding hydrogens is 333 g/mol. The number of carbonyl (C=O) groups excluding carboxylic acids is 1. The SMILES string of the molecule is O=C(CCc1nc(-c2ccc(F)cc2)no1)NC1CCc2ccccc21. The van der Waals surface area contributed by atoms with Crippen LogP contribution in [-0.4, -0.2) is 16.0 Å². The van der Waals surface area contributed by atoms with Crippen molar-refractivity contribution in [1.82, 2.24) is 15.5 Å². The Balaban J connectivity index is 1.33. The quantitative estimate of drug-likeness (QED) is 0.762. The third-order valence-corrected chi connectivity index (χ3v) is 4.60. The molecule has 5 nitrogen and oxygen atoms in total. The van der Waals surface area contributed by atoms with Gasteiger partial charge in [-0.1, -0.05) is 29.4 Å². The Labute approximate surface area is 150 Å². The van der Waals surface area contributed by atoms with Crippen molar-refractivity contribution in [2.75, 3.05) is 0 Å². The molecule has 132 valence electrons. The van der Waals surface area contributed by atoms with Gasteiger partial charge >= 0.3 is 0 Å². The molecule has 4 rings (SSSR count). The fourth-order valence-corrected chi connectivity index (χ4v) is 3.27. The fraction of sp³-hybridized carbons (Fsp3) is 0.250. The molecule has 3 aromatic rings. The van der Waals surface area contributed by atoms with Crippen LogP contribution >= 0.6 is 0 Å². The number of aromatic nitrogens is 2. The molecule has 0 spiro atoms. The second-order valence-electron chi connectivity index (χ2n) is 6.38. The second-order valence-corrected chi connectivity index (χ2v) is 6.38. The van der Waals surface area contributed by atoms with E-state index in [0.29, 0.717) is 23.7 Å². The number of fused-ring (bicyclic) bond motifs is 1. The van der Waals surface area contributed by atoms with Gasteiger partial charge < -0.3 is 9.84 Å². The van der Waals surface area contributed by atoms with Gasteiger partial charge in [0.25, 0.3) is 0 Å². The number of nitrogens with one attached hydrogen (secondary N) is 1. The van der Waals surface area contributed by atoms with E-state index < -0.39 is 0 Å². The highest BCUT2D eigenvalue weighted by molar-refractivity contribution is 5.76. The second kappa shape index (κ2) is 7.07. The zero-order valence-corrected chi connectivity index (χ0v) is 14.1. The van der Waals surface area contributed by atoms with Gasteiger partial charge in [0.1, 0.15) is 5.82 Å². The van der Waals surface area contributed by atoms with Crippen LogP contribution in [0.1, 0.15) is 35.9 Å². The summed E-state index contributed by atoms with van der Waals surface area (Å²) in [6.07, 6.45) is 2.57. The monoisotopic (exact) mass is 351 g/mol. The van der Waals surface area contributed by atoms with Crippen LogP contribution in [0.25, 0.3) is 11.4 Å². The zero-order valence-electron chi connectivity index (χ0n) is 14.1. The van der Waals surface area contributed by atoms with E-state index in [9.17, 15) is 9.18 Å². The first-order chi connectivity index (χ1) is 12.7. The number of hydrogen-bond acceptors (Lipinski definition) is 4. The van der Waals surface area contributed by atoms with Gasteiger partial charge in [-0.2, -0.15) is 4.98 Å². The summed E-state index contributed by atoms with van der Waals surface area (Å²) in [4.78, 5) is 16.5. The Morgan fingerprint density at radius 1 is 1.19 bits per heavy atom. The number of benzene rings is 2. The summed E-state index contributed by atoms with van der Waals surface area (Å²) >= 11 is 0. The Morgan fingerprint density at radius 3 is 2.85 bits per heavy atom. The van der Waals surface area contributed by atoms with Crippen molar-refractivity contribution in [3.8, 4) is 11.4 Å². The van der Waals surface area contributed by atoms with Crippen LogP contribution in [0.3, 0.4) is 0 Å². The topological polar surface area (TPSA) is 68.0 Å². The molecule has 0 saturated heterocycles. The lowest BCUT2D eigenvalue weighted by Gasteiger charge is -2.13. The van der Waals surface area contributed by atoms with Crippen molar-refractivity contribution >= 4 is 5.91 Å². The predicted molar refractivity (Wildman–Crippen MR) is 93.7 cm³/mol. The molecule has 1 amide bonds. The molecule has 0 radical (unpaired) electrons. The summed E-state index contributed by atoms with van der Waals surface area (Å²) in [5.74, 6) is 0.437. The number of rotatable bonds is 5. The summed E-state index contributed by atoms with van der Waals surface area (Å²) in [7, 11) is 0. The first kappa shape index (κ1) is 16.4. The Hall–Kier alpha value is -3.02. The highest BCUT2D eigenvalue weighted by Gasteiger charge is 2.23. The third kappa shape index (κ3) is 3.49. The Kier molecular flexibility index (Phi) is 4.48. The lowest BCUT2D eigenvalue weighted by molar-refractivity contribution is -0.121. The summed E-state index contributed by atoms with van der Waals surface area (Å²) in [6.45, 7) is 0. The number of aryl methyl sites for hydroxylation is 2. The van der Waals surface area contributed by atoms with E-state index in [-0.39, 0.29) is 24.2 Å². The molecule has 0 aliphatic heterocycles. The lowest BCUT2D eigenvalue weighted by Crippen LogP contribution is -2.27. The average molecular weight is 351 g/mol. The Bertz CT molecular complexity index is 921. The first-order valence-electron chi connectivity index (χ1n) is 8.65. The van der Waals surface area contributed by atoms with Crippen molar-refractivity contribution in [1.29, 1.82) is 0 Å². The molecule has 1 heterocycles. The maximum Gasteiger partial charge on any atom is 0.227 e. The smallest absolute Gasteiger partial charge is 0.227 e.